The van der Waals surface area contributed by atoms with E-state index in [4.69, 9.17) is 11.5 Å². The summed E-state index contributed by atoms with van der Waals surface area (Å²) >= 11 is 4.52. The number of nitrogen functional groups attached to an aromatic ring is 2. The fraction of sp³-hybridized carbons (Fsp3) is 0.273. The minimum atomic E-state index is 0.776. The van der Waals surface area contributed by atoms with Crippen LogP contribution in [0.1, 0.15) is 11.1 Å². The molecule has 0 heterocycles. The molecule has 2 aromatic rings. The molecule has 0 aromatic heterocycles. The van der Waals surface area contributed by atoms with Crippen molar-refractivity contribution >= 4 is 24.2 Å². The average Bonchev–Trinajstić information content (AvgIpc) is 2.65. The standard InChI is InChI=1S/C22H31N5S/c1-17(15-19-3-7-21(23)8-4-19)25-11-13-27(28)14-12-26-18(2)16-20-5-9-22(24)10-6-20/h3-10,25-26,28H,1-2,11-16,23-24H2. The van der Waals surface area contributed by atoms with Crippen LogP contribution in [-0.2, 0) is 12.8 Å². The minimum Gasteiger partial charge on any atom is -0.399 e. The van der Waals surface area contributed by atoms with Crippen LogP contribution in [0.25, 0.3) is 0 Å². The predicted molar refractivity (Wildman–Crippen MR) is 124 cm³/mol. The number of anilines is 2. The van der Waals surface area contributed by atoms with Gasteiger partial charge >= 0.3 is 0 Å². The van der Waals surface area contributed by atoms with Gasteiger partial charge in [-0.1, -0.05) is 50.2 Å². The van der Waals surface area contributed by atoms with Gasteiger partial charge in [-0.2, -0.15) is 0 Å². The van der Waals surface area contributed by atoms with Gasteiger partial charge < -0.3 is 22.1 Å². The van der Waals surface area contributed by atoms with Crippen LogP contribution in [0.15, 0.2) is 73.1 Å². The third-order valence-corrected chi connectivity index (χ3v) is 4.68. The lowest BCUT2D eigenvalue weighted by molar-refractivity contribution is 0.466. The molecule has 6 N–H and O–H groups in total. The predicted octanol–water partition coefficient (Wildman–Crippen LogP) is 2.99. The Kier molecular flexibility index (Phi) is 8.78. The van der Waals surface area contributed by atoms with Gasteiger partial charge in [-0.25, -0.2) is 4.31 Å². The summed E-state index contributed by atoms with van der Waals surface area (Å²) in [6.07, 6.45) is 1.58. The summed E-state index contributed by atoms with van der Waals surface area (Å²) in [5.74, 6) is 0. The summed E-state index contributed by atoms with van der Waals surface area (Å²) in [6.45, 7) is 11.4. The number of thiol groups is 1. The topological polar surface area (TPSA) is 79.3 Å². The first-order chi connectivity index (χ1) is 13.4. The minimum absolute atomic E-state index is 0.776. The summed E-state index contributed by atoms with van der Waals surface area (Å²) in [7, 11) is 0. The molecule has 0 atom stereocenters. The van der Waals surface area contributed by atoms with Crippen molar-refractivity contribution in [3.63, 3.8) is 0 Å². The quantitative estimate of drug-likeness (QED) is 0.281. The number of nitrogens with zero attached hydrogens (tertiary/aromatic N) is 1. The van der Waals surface area contributed by atoms with Crippen molar-refractivity contribution in [1.29, 1.82) is 0 Å². The second kappa shape index (κ2) is 11.3. The van der Waals surface area contributed by atoms with Crippen molar-refractivity contribution in [3.8, 4) is 0 Å². The van der Waals surface area contributed by atoms with Crippen LogP contribution >= 0.6 is 12.8 Å². The molecule has 0 radical (unpaired) electrons. The van der Waals surface area contributed by atoms with E-state index in [9.17, 15) is 0 Å². The Morgan fingerprint density at radius 3 is 1.46 bits per heavy atom. The lowest BCUT2D eigenvalue weighted by Crippen LogP contribution is -2.31. The number of rotatable bonds is 12. The molecule has 28 heavy (non-hydrogen) atoms. The van der Waals surface area contributed by atoms with Gasteiger partial charge in [0.2, 0.25) is 0 Å². The Balaban J connectivity index is 1.56. The lowest BCUT2D eigenvalue weighted by atomic mass is 10.1. The molecule has 2 rings (SSSR count). The first-order valence-corrected chi connectivity index (χ1v) is 9.78. The molecule has 6 heteroatoms. The van der Waals surface area contributed by atoms with Crippen molar-refractivity contribution < 1.29 is 0 Å². The highest BCUT2D eigenvalue weighted by Gasteiger charge is 2.02. The molecule has 0 saturated carbocycles. The number of allylic oxidation sites excluding steroid dienone is 2. The second-order valence-corrected chi connectivity index (χ2v) is 7.42. The van der Waals surface area contributed by atoms with Gasteiger partial charge in [0, 0.05) is 61.8 Å². The molecule has 0 fully saturated rings. The molecular weight excluding hydrogens is 366 g/mol. The van der Waals surface area contributed by atoms with Gasteiger partial charge in [0.15, 0.2) is 0 Å². The Hall–Kier alpha value is -2.57. The SMILES string of the molecule is C=C(Cc1ccc(N)cc1)NCCN(S)CCNC(=C)Cc1ccc(N)cc1. The first-order valence-electron chi connectivity index (χ1n) is 9.38. The van der Waals surface area contributed by atoms with Crippen LogP contribution in [0.5, 0.6) is 0 Å². The molecule has 0 aliphatic heterocycles. The number of hydrogen-bond donors (Lipinski definition) is 5. The number of nitrogens with one attached hydrogen (secondary N) is 2. The first kappa shape index (κ1) is 21.7. The molecule has 0 bridgehead atoms. The summed E-state index contributed by atoms with van der Waals surface area (Å²) in [6, 6.07) is 15.7. The van der Waals surface area contributed by atoms with E-state index in [1.807, 2.05) is 52.8 Å². The number of hydrogen-bond acceptors (Lipinski definition) is 6. The molecule has 0 saturated heterocycles. The molecule has 5 nitrogen and oxygen atoms in total. The molecule has 0 spiro atoms. The summed E-state index contributed by atoms with van der Waals surface area (Å²) in [4.78, 5) is 0. The van der Waals surface area contributed by atoms with Gasteiger partial charge in [0.25, 0.3) is 0 Å². The Morgan fingerprint density at radius 1 is 0.750 bits per heavy atom. The van der Waals surface area contributed by atoms with Crippen LogP contribution < -0.4 is 22.1 Å². The van der Waals surface area contributed by atoms with Crippen LogP contribution in [0.2, 0.25) is 0 Å². The highest BCUT2D eigenvalue weighted by Crippen LogP contribution is 2.09. The van der Waals surface area contributed by atoms with Crippen molar-refractivity contribution in [3.05, 3.63) is 84.2 Å². The van der Waals surface area contributed by atoms with E-state index in [1.165, 1.54) is 11.1 Å². The second-order valence-electron chi connectivity index (χ2n) is 6.85. The van der Waals surface area contributed by atoms with Gasteiger partial charge in [-0.3, -0.25) is 0 Å². The maximum atomic E-state index is 5.71. The van der Waals surface area contributed by atoms with Crippen LogP contribution in [0, 0.1) is 0 Å². The Labute approximate surface area is 174 Å². The molecular formula is C22H31N5S. The summed E-state index contributed by atoms with van der Waals surface area (Å²) < 4.78 is 1.98. The lowest BCUT2D eigenvalue weighted by Gasteiger charge is -2.18. The molecule has 0 aliphatic rings. The third-order valence-electron chi connectivity index (χ3n) is 4.28. The van der Waals surface area contributed by atoms with Gasteiger partial charge in [-0.15, -0.1) is 0 Å². The van der Waals surface area contributed by atoms with E-state index in [-0.39, 0.29) is 0 Å². The monoisotopic (exact) mass is 397 g/mol. The highest BCUT2D eigenvalue weighted by molar-refractivity contribution is 7.77. The third kappa shape index (κ3) is 8.41. The Morgan fingerprint density at radius 2 is 1.11 bits per heavy atom. The largest absolute Gasteiger partial charge is 0.399 e. The van der Waals surface area contributed by atoms with E-state index < -0.39 is 0 Å². The average molecular weight is 398 g/mol. The van der Waals surface area contributed by atoms with Crippen LogP contribution in [0.4, 0.5) is 11.4 Å². The summed E-state index contributed by atoms with van der Waals surface area (Å²) in [5, 5.41) is 6.70. The summed E-state index contributed by atoms with van der Waals surface area (Å²) in [5.41, 5.74) is 17.3. The Bertz CT molecular complexity index is 690. The zero-order valence-electron chi connectivity index (χ0n) is 16.3. The van der Waals surface area contributed by atoms with E-state index in [1.54, 1.807) is 0 Å². The molecule has 0 aliphatic carbocycles. The maximum absolute atomic E-state index is 5.71. The fourth-order valence-corrected chi connectivity index (χ4v) is 2.92. The fourth-order valence-electron chi connectivity index (χ4n) is 2.72. The molecule has 0 unspecified atom stereocenters. The zero-order chi connectivity index (χ0) is 20.4. The smallest absolute Gasteiger partial charge is 0.0314 e. The van der Waals surface area contributed by atoms with E-state index in [0.29, 0.717) is 0 Å². The highest BCUT2D eigenvalue weighted by atomic mass is 32.1. The zero-order valence-corrected chi connectivity index (χ0v) is 17.2. The van der Waals surface area contributed by atoms with E-state index in [2.05, 4.69) is 36.6 Å². The van der Waals surface area contributed by atoms with Crippen molar-refractivity contribution in [2.45, 2.75) is 12.8 Å². The van der Waals surface area contributed by atoms with Crippen molar-refractivity contribution in [1.82, 2.24) is 14.9 Å². The van der Waals surface area contributed by atoms with Crippen molar-refractivity contribution in [2.75, 3.05) is 37.6 Å². The van der Waals surface area contributed by atoms with E-state index in [0.717, 1.165) is 61.8 Å². The van der Waals surface area contributed by atoms with Crippen LogP contribution in [-0.4, -0.2) is 30.5 Å². The van der Waals surface area contributed by atoms with Gasteiger partial charge in [0.1, 0.15) is 0 Å². The van der Waals surface area contributed by atoms with Gasteiger partial charge in [0.05, 0.1) is 0 Å². The molecule has 2 aromatic carbocycles. The van der Waals surface area contributed by atoms with E-state index >= 15 is 0 Å². The molecule has 150 valence electrons. The normalized spacial score (nSPS) is 10.6. The van der Waals surface area contributed by atoms with Crippen molar-refractivity contribution in [2.24, 2.45) is 0 Å². The molecule has 0 amide bonds. The number of nitrogens with two attached hydrogens (primary N) is 2. The van der Waals surface area contributed by atoms with Crippen LogP contribution in [0.3, 0.4) is 0 Å². The maximum Gasteiger partial charge on any atom is 0.0314 e. The number of benzene rings is 2. The van der Waals surface area contributed by atoms with Gasteiger partial charge in [-0.05, 0) is 35.4 Å².